The lowest BCUT2D eigenvalue weighted by atomic mass is 9.87. The van der Waals surface area contributed by atoms with Crippen molar-refractivity contribution in [3.63, 3.8) is 0 Å². The van der Waals surface area contributed by atoms with Crippen LogP contribution in [-0.4, -0.2) is 21.1 Å². The van der Waals surface area contributed by atoms with E-state index >= 15 is 0 Å². The van der Waals surface area contributed by atoms with Crippen molar-refractivity contribution in [2.24, 2.45) is 0 Å². The predicted molar refractivity (Wildman–Crippen MR) is 134 cm³/mol. The molecule has 2 aromatic heterocycles. The van der Waals surface area contributed by atoms with E-state index in [0.717, 1.165) is 27.5 Å². The maximum Gasteiger partial charge on any atom is 0.277 e. The lowest BCUT2D eigenvalue weighted by Crippen LogP contribution is -2.15. The highest BCUT2D eigenvalue weighted by molar-refractivity contribution is 7.98. The third-order valence-corrected chi connectivity index (χ3v) is 6.83. The van der Waals surface area contributed by atoms with Crippen LogP contribution in [-0.2, 0) is 22.4 Å². The number of rotatable bonds is 7. The second-order valence-corrected chi connectivity index (χ2v) is 10.6. The van der Waals surface area contributed by atoms with Gasteiger partial charge in [-0.1, -0.05) is 62.9 Å². The molecule has 4 rings (SSSR count). The van der Waals surface area contributed by atoms with Crippen molar-refractivity contribution in [2.75, 3.05) is 5.32 Å². The fourth-order valence-electron chi connectivity index (χ4n) is 3.17. The van der Waals surface area contributed by atoms with Crippen LogP contribution in [0.4, 0.5) is 5.69 Å². The van der Waals surface area contributed by atoms with Crippen LogP contribution in [0.3, 0.4) is 0 Å². The number of thiazole rings is 1. The second kappa shape index (κ2) is 9.89. The minimum absolute atomic E-state index is 0.0723. The first-order valence-corrected chi connectivity index (χ1v) is 12.5. The maximum absolute atomic E-state index is 12.4. The van der Waals surface area contributed by atoms with E-state index in [9.17, 15) is 4.79 Å². The van der Waals surface area contributed by atoms with Gasteiger partial charge in [-0.3, -0.25) is 4.79 Å². The fourth-order valence-corrected chi connectivity index (χ4v) is 4.73. The Labute approximate surface area is 201 Å². The van der Waals surface area contributed by atoms with Crippen LogP contribution in [0, 0.1) is 6.92 Å². The number of benzene rings is 2. The number of aryl methyl sites for hydroxylation is 1. The molecule has 0 fully saturated rings. The fraction of sp³-hybridized carbons (Fsp3) is 0.280. The van der Waals surface area contributed by atoms with E-state index in [1.807, 2.05) is 48.7 Å². The van der Waals surface area contributed by atoms with Gasteiger partial charge in [0.05, 0.1) is 12.1 Å². The molecule has 0 aliphatic heterocycles. The summed E-state index contributed by atoms with van der Waals surface area (Å²) >= 11 is 2.92. The van der Waals surface area contributed by atoms with Gasteiger partial charge in [-0.25, -0.2) is 4.98 Å². The summed E-state index contributed by atoms with van der Waals surface area (Å²) in [5.41, 5.74) is 5.01. The zero-order chi connectivity index (χ0) is 23.4. The van der Waals surface area contributed by atoms with Gasteiger partial charge in [-0.15, -0.1) is 21.5 Å². The quantitative estimate of drug-likeness (QED) is 0.315. The summed E-state index contributed by atoms with van der Waals surface area (Å²) in [5, 5.41) is 14.5. The molecule has 0 saturated heterocycles. The van der Waals surface area contributed by atoms with Crippen molar-refractivity contribution in [3.8, 4) is 11.5 Å². The summed E-state index contributed by atoms with van der Waals surface area (Å²) in [6.07, 6.45) is 0.249. The van der Waals surface area contributed by atoms with Crippen molar-refractivity contribution >= 4 is 34.7 Å². The third kappa shape index (κ3) is 6.09. The molecule has 1 N–H and O–H groups in total. The van der Waals surface area contributed by atoms with Crippen molar-refractivity contribution in [2.45, 2.75) is 50.5 Å². The first-order valence-electron chi connectivity index (χ1n) is 10.6. The molecule has 4 aromatic rings. The Morgan fingerprint density at radius 3 is 2.58 bits per heavy atom. The lowest BCUT2D eigenvalue weighted by Gasteiger charge is -2.18. The molecule has 170 valence electrons. The van der Waals surface area contributed by atoms with Gasteiger partial charge in [-0.05, 0) is 41.7 Å². The van der Waals surface area contributed by atoms with Crippen molar-refractivity contribution in [1.29, 1.82) is 0 Å². The van der Waals surface area contributed by atoms with Crippen molar-refractivity contribution < 1.29 is 9.21 Å². The average Bonchev–Trinajstić information content (AvgIpc) is 3.43. The highest BCUT2D eigenvalue weighted by Crippen LogP contribution is 2.28. The van der Waals surface area contributed by atoms with Crippen LogP contribution in [0.15, 0.2) is 63.6 Å². The molecule has 6 nitrogen and oxygen atoms in total. The van der Waals surface area contributed by atoms with Crippen molar-refractivity contribution in [3.05, 3.63) is 75.7 Å². The van der Waals surface area contributed by atoms with Gasteiger partial charge in [-0.2, -0.15) is 0 Å². The van der Waals surface area contributed by atoms with Crippen LogP contribution in [0.5, 0.6) is 0 Å². The molecule has 0 bridgehead atoms. The largest absolute Gasteiger partial charge is 0.411 e. The lowest BCUT2D eigenvalue weighted by molar-refractivity contribution is -0.115. The number of nitrogens with zero attached hydrogens (tertiary/aromatic N) is 3. The summed E-state index contributed by atoms with van der Waals surface area (Å²) in [4.78, 5) is 16.9. The zero-order valence-electron chi connectivity index (χ0n) is 19.1. The Morgan fingerprint density at radius 1 is 1.09 bits per heavy atom. The Morgan fingerprint density at radius 2 is 1.85 bits per heavy atom. The molecule has 0 unspecified atom stereocenters. The third-order valence-electron chi connectivity index (χ3n) is 5.08. The molecule has 8 heteroatoms. The number of para-hydroxylation sites is 1. The van der Waals surface area contributed by atoms with Crippen LogP contribution < -0.4 is 5.32 Å². The molecule has 2 aromatic carbocycles. The normalized spacial score (nSPS) is 11.5. The molecule has 0 aliphatic rings. The molecule has 1 amide bonds. The highest BCUT2D eigenvalue weighted by Gasteiger charge is 2.15. The molecular weight excluding hydrogens is 452 g/mol. The number of hydrogen-bond donors (Lipinski definition) is 1. The van der Waals surface area contributed by atoms with E-state index in [2.05, 4.69) is 53.4 Å². The van der Waals surface area contributed by atoms with E-state index in [0.29, 0.717) is 16.9 Å². The Kier molecular flexibility index (Phi) is 6.95. The van der Waals surface area contributed by atoms with Gasteiger partial charge in [0.1, 0.15) is 5.01 Å². The molecular formula is C25H26N4O2S2. The first kappa shape index (κ1) is 23.2. The zero-order valence-corrected chi connectivity index (χ0v) is 20.7. The number of carbonyl (C=O) groups is 1. The highest BCUT2D eigenvalue weighted by atomic mass is 32.2. The topological polar surface area (TPSA) is 80.9 Å². The maximum atomic E-state index is 12.4. The van der Waals surface area contributed by atoms with E-state index in [1.54, 1.807) is 0 Å². The molecule has 0 atom stereocenters. The van der Waals surface area contributed by atoms with E-state index < -0.39 is 0 Å². The Balaban J connectivity index is 1.31. The summed E-state index contributed by atoms with van der Waals surface area (Å²) in [5.74, 6) is 1.03. The second-order valence-electron chi connectivity index (χ2n) is 8.76. The van der Waals surface area contributed by atoms with Crippen LogP contribution >= 0.6 is 23.1 Å². The molecule has 0 aliphatic carbocycles. The first-order chi connectivity index (χ1) is 15.8. The van der Waals surface area contributed by atoms with E-state index in [4.69, 9.17) is 4.42 Å². The predicted octanol–water partition coefficient (Wildman–Crippen LogP) is 6.27. The van der Waals surface area contributed by atoms with E-state index in [-0.39, 0.29) is 17.7 Å². The monoisotopic (exact) mass is 478 g/mol. The SMILES string of the molecule is Cc1ccccc1NC(=O)Cc1nc(CSc2nnc(-c3ccc(C(C)(C)C)cc3)o2)cs1. The molecule has 0 spiro atoms. The van der Waals surface area contributed by atoms with Gasteiger partial charge in [0.15, 0.2) is 0 Å². The number of carbonyl (C=O) groups excluding carboxylic acids is 1. The number of thioether (sulfide) groups is 1. The number of hydrogen-bond acceptors (Lipinski definition) is 7. The van der Waals surface area contributed by atoms with Crippen LogP contribution in [0.25, 0.3) is 11.5 Å². The summed E-state index contributed by atoms with van der Waals surface area (Å²) in [6.45, 7) is 8.52. The van der Waals surface area contributed by atoms with Gasteiger partial charge < -0.3 is 9.73 Å². The van der Waals surface area contributed by atoms with Gasteiger partial charge in [0.25, 0.3) is 5.22 Å². The summed E-state index contributed by atoms with van der Waals surface area (Å²) in [6, 6.07) is 15.9. The van der Waals surface area contributed by atoms with Gasteiger partial charge >= 0.3 is 0 Å². The van der Waals surface area contributed by atoms with Gasteiger partial charge in [0, 0.05) is 22.4 Å². The molecule has 2 heterocycles. The number of aromatic nitrogens is 3. The number of amides is 1. The average molecular weight is 479 g/mol. The minimum atomic E-state index is -0.0723. The summed E-state index contributed by atoms with van der Waals surface area (Å²) < 4.78 is 5.82. The van der Waals surface area contributed by atoms with Gasteiger partial charge in [0.2, 0.25) is 11.8 Å². The van der Waals surface area contributed by atoms with Crippen molar-refractivity contribution in [1.82, 2.24) is 15.2 Å². The van der Waals surface area contributed by atoms with Crippen LogP contribution in [0.2, 0.25) is 0 Å². The minimum Gasteiger partial charge on any atom is -0.411 e. The Hall–Kier alpha value is -2.97. The van der Waals surface area contributed by atoms with E-state index in [1.165, 1.54) is 28.7 Å². The molecule has 33 heavy (non-hydrogen) atoms. The Bertz CT molecular complexity index is 1240. The van der Waals surface area contributed by atoms with Crippen LogP contribution in [0.1, 0.15) is 42.6 Å². The molecule has 0 radical (unpaired) electrons. The standard InChI is InChI=1S/C25H26N4O2S2/c1-16-7-5-6-8-20(16)27-21(30)13-22-26-19(14-32-22)15-33-24-29-28-23(31-24)17-9-11-18(12-10-17)25(2,3)4/h5-12,14H,13,15H2,1-4H3,(H,27,30). The molecule has 0 saturated carbocycles. The smallest absolute Gasteiger partial charge is 0.277 e. The summed E-state index contributed by atoms with van der Waals surface area (Å²) in [7, 11) is 0. The number of anilines is 1. The number of nitrogens with one attached hydrogen (secondary N) is 1.